The third-order valence-corrected chi connectivity index (χ3v) is 6.84. The van der Waals surface area contributed by atoms with Crippen molar-refractivity contribution in [2.75, 3.05) is 0 Å². The quantitative estimate of drug-likeness (QED) is 0.625. The topological polar surface area (TPSA) is 105 Å². The van der Waals surface area contributed by atoms with Crippen molar-refractivity contribution in [3.8, 4) is 11.7 Å². The average molecular weight is 395 g/mol. The zero-order chi connectivity index (χ0) is 20.0. The monoisotopic (exact) mass is 395 g/mol. The van der Waals surface area contributed by atoms with Crippen LogP contribution in [0.1, 0.15) is 46.1 Å². The molecule has 0 saturated heterocycles. The molecule has 146 valence electrons. The molecule has 0 radical (unpaired) electrons. The third kappa shape index (κ3) is 3.50. The van der Waals surface area contributed by atoms with Crippen molar-refractivity contribution in [1.82, 2.24) is 15.3 Å². The summed E-state index contributed by atoms with van der Waals surface area (Å²) in [5, 5.41) is 7.91. The molecule has 0 atom stereocenters. The fraction of sp³-hybridized carbons (Fsp3) is 0.389. The molecule has 0 unspecified atom stereocenters. The SMILES string of the molecule is CC(C)(C)c1cc(-c2nc(C(C)(C)S(O)(O)c3ccc(F)cc3)no2)on1. The van der Waals surface area contributed by atoms with Crippen LogP contribution in [0.4, 0.5) is 4.39 Å². The molecule has 0 amide bonds. The van der Waals surface area contributed by atoms with E-state index in [1.165, 1.54) is 24.3 Å². The van der Waals surface area contributed by atoms with Crippen molar-refractivity contribution in [2.24, 2.45) is 0 Å². The second kappa shape index (κ2) is 6.43. The summed E-state index contributed by atoms with van der Waals surface area (Å²) < 4.78 is 44.0. The summed E-state index contributed by atoms with van der Waals surface area (Å²) in [5.41, 5.74) is 0.522. The van der Waals surface area contributed by atoms with Crippen LogP contribution >= 0.6 is 10.6 Å². The van der Waals surface area contributed by atoms with Crippen LogP contribution in [-0.2, 0) is 10.2 Å². The van der Waals surface area contributed by atoms with Crippen molar-refractivity contribution in [3.05, 3.63) is 47.7 Å². The molecule has 0 aliphatic rings. The summed E-state index contributed by atoms with van der Waals surface area (Å²) in [6.45, 7) is 9.15. The van der Waals surface area contributed by atoms with Crippen LogP contribution in [0, 0.1) is 5.82 Å². The Morgan fingerprint density at radius 2 is 1.59 bits per heavy atom. The molecule has 2 N–H and O–H groups in total. The third-order valence-electron chi connectivity index (χ3n) is 4.31. The first kappa shape index (κ1) is 19.5. The van der Waals surface area contributed by atoms with Gasteiger partial charge in [0.1, 0.15) is 10.6 Å². The van der Waals surface area contributed by atoms with E-state index in [9.17, 15) is 13.5 Å². The Labute approximate surface area is 157 Å². The first-order valence-electron chi connectivity index (χ1n) is 8.28. The Balaban J connectivity index is 1.94. The normalized spacial score (nSPS) is 13.8. The van der Waals surface area contributed by atoms with Gasteiger partial charge in [0.25, 0.3) is 5.89 Å². The number of hydrogen-bond acceptors (Lipinski definition) is 7. The van der Waals surface area contributed by atoms with Gasteiger partial charge in [-0.1, -0.05) is 31.1 Å². The molecule has 0 spiro atoms. The maximum atomic E-state index is 13.2. The molecule has 1 aromatic carbocycles. The number of nitrogens with zero attached hydrogens (tertiary/aromatic N) is 3. The fourth-order valence-corrected chi connectivity index (χ4v) is 3.79. The smallest absolute Gasteiger partial charge is 0.296 e. The lowest BCUT2D eigenvalue weighted by molar-refractivity contribution is 0.367. The van der Waals surface area contributed by atoms with Gasteiger partial charge in [-0.05, 0) is 38.1 Å². The molecule has 0 bridgehead atoms. The second-order valence-corrected chi connectivity index (χ2v) is 10.4. The van der Waals surface area contributed by atoms with Gasteiger partial charge >= 0.3 is 0 Å². The van der Waals surface area contributed by atoms with Gasteiger partial charge in [0.2, 0.25) is 5.76 Å². The minimum absolute atomic E-state index is 0.0929. The lowest BCUT2D eigenvalue weighted by atomic mass is 9.92. The summed E-state index contributed by atoms with van der Waals surface area (Å²) in [6.07, 6.45) is 0. The fourth-order valence-electron chi connectivity index (χ4n) is 2.34. The molecule has 3 aromatic rings. The molecular weight excluding hydrogens is 373 g/mol. The molecule has 0 saturated carbocycles. The van der Waals surface area contributed by atoms with Crippen LogP contribution < -0.4 is 0 Å². The van der Waals surface area contributed by atoms with Gasteiger partial charge < -0.3 is 9.05 Å². The van der Waals surface area contributed by atoms with Gasteiger partial charge in [0.05, 0.1) is 10.6 Å². The van der Waals surface area contributed by atoms with E-state index in [-0.39, 0.29) is 22.0 Å². The zero-order valence-corrected chi connectivity index (χ0v) is 16.5. The summed E-state index contributed by atoms with van der Waals surface area (Å²) in [6, 6.07) is 6.72. The first-order chi connectivity index (χ1) is 12.4. The molecule has 0 aliphatic heterocycles. The van der Waals surface area contributed by atoms with E-state index < -0.39 is 21.2 Å². The largest absolute Gasteiger partial charge is 0.351 e. The minimum atomic E-state index is -3.39. The predicted octanol–water partition coefficient (Wildman–Crippen LogP) is 5.21. The van der Waals surface area contributed by atoms with Crippen molar-refractivity contribution in [3.63, 3.8) is 0 Å². The van der Waals surface area contributed by atoms with Gasteiger partial charge in [0.15, 0.2) is 5.82 Å². The van der Waals surface area contributed by atoms with Crippen LogP contribution in [0.25, 0.3) is 11.7 Å². The number of rotatable bonds is 4. The highest BCUT2D eigenvalue weighted by atomic mass is 32.3. The molecule has 2 heterocycles. The van der Waals surface area contributed by atoms with Crippen molar-refractivity contribution >= 4 is 10.6 Å². The molecule has 7 nitrogen and oxygen atoms in total. The highest BCUT2D eigenvalue weighted by Crippen LogP contribution is 2.62. The van der Waals surface area contributed by atoms with E-state index in [4.69, 9.17) is 9.05 Å². The van der Waals surface area contributed by atoms with E-state index >= 15 is 0 Å². The van der Waals surface area contributed by atoms with E-state index in [2.05, 4.69) is 15.3 Å². The van der Waals surface area contributed by atoms with Gasteiger partial charge in [-0.15, -0.1) is 0 Å². The Morgan fingerprint density at radius 3 is 2.15 bits per heavy atom. The second-order valence-electron chi connectivity index (χ2n) is 7.76. The molecular formula is C18H22FN3O4S. The van der Waals surface area contributed by atoms with E-state index in [1.54, 1.807) is 19.9 Å². The molecule has 27 heavy (non-hydrogen) atoms. The summed E-state index contributed by atoms with van der Waals surface area (Å²) >= 11 is 0. The molecule has 0 aliphatic carbocycles. The number of halogens is 1. The van der Waals surface area contributed by atoms with Gasteiger partial charge in [0, 0.05) is 11.5 Å². The van der Waals surface area contributed by atoms with Gasteiger partial charge in [-0.3, -0.25) is 9.11 Å². The Morgan fingerprint density at radius 1 is 0.963 bits per heavy atom. The number of aromatic nitrogens is 3. The van der Waals surface area contributed by atoms with Gasteiger partial charge in [-0.25, -0.2) is 4.39 Å². The molecule has 3 rings (SSSR count). The maximum Gasteiger partial charge on any atom is 0.296 e. The minimum Gasteiger partial charge on any atom is -0.351 e. The molecule has 0 fully saturated rings. The van der Waals surface area contributed by atoms with E-state index in [1.807, 2.05) is 20.8 Å². The summed E-state index contributed by atoms with van der Waals surface area (Å²) in [7, 11) is -3.39. The van der Waals surface area contributed by atoms with Crippen LogP contribution in [0.2, 0.25) is 0 Å². The lowest BCUT2D eigenvalue weighted by Gasteiger charge is -2.44. The van der Waals surface area contributed by atoms with E-state index in [0.29, 0.717) is 5.76 Å². The molecule has 9 heteroatoms. The average Bonchev–Trinajstić information content (AvgIpc) is 3.24. The Bertz CT molecular complexity index is 942. The highest BCUT2D eigenvalue weighted by Gasteiger charge is 2.42. The van der Waals surface area contributed by atoms with Crippen LogP contribution in [0.5, 0.6) is 0 Å². The summed E-state index contributed by atoms with van der Waals surface area (Å²) in [5.74, 6) is 0.0206. The predicted molar refractivity (Wildman–Crippen MR) is 99.0 cm³/mol. The number of hydrogen-bond donors (Lipinski definition) is 2. The number of benzene rings is 1. The van der Waals surface area contributed by atoms with Crippen LogP contribution in [0.3, 0.4) is 0 Å². The van der Waals surface area contributed by atoms with Crippen molar-refractivity contribution in [1.29, 1.82) is 0 Å². The maximum absolute atomic E-state index is 13.2. The first-order valence-corrected chi connectivity index (χ1v) is 9.83. The standard InChI is InChI=1S/C18H22FN3O4S/c1-17(2,3)14-10-13(25-21-14)15-20-16(22-26-15)18(4,5)27(23,24)12-8-6-11(19)7-9-12/h6-10,23-24H,1-5H3. The van der Waals surface area contributed by atoms with Crippen LogP contribution in [-0.4, -0.2) is 24.4 Å². The highest BCUT2D eigenvalue weighted by molar-refractivity contribution is 8.25. The van der Waals surface area contributed by atoms with Crippen LogP contribution in [0.15, 0.2) is 44.3 Å². The zero-order valence-electron chi connectivity index (χ0n) is 15.7. The Hall–Kier alpha value is -2.23. The lowest BCUT2D eigenvalue weighted by Crippen LogP contribution is -2.27. The van der Waals surface area contributed by atoms with Gasteiger partial charge in [-0.2, -0.15) is 15.6 Å². The van der Waals surface area contributed by atoms with Crippen molar-refractivity contribution in [2.45, 2.75) is 49.7 Å². The van der Waals surface area contributed by atoms with Crippen molar-refractivity contribution < 1.29 is 22.5 Å². The molecule has 2 aromatic heterocycles. The Kier molecular flexibility index (Phi) is 4.65. The summed E-state index contributed by atoms with van der Waals surface area (Å²) in [4.78, 5) is 4.46. The van der Waals surface area contributed by atoms with E-state index in [0.717, 1.165) is 5.69 Å².